The van der Waals surface area contributed by atoms with Crippen molar-refractivity contribution >= 4 is 11.9 Å². The molecule has 0 saturated carbocycles. The Bertz CT molecular complexity index is 698. The average molecular weight is 445 g/mol. The highest BCUT2D eigenvalue weighted by Gasteiger charge is 2.22. The molecule has 0 radical (unpaired) electrons. The summed E-state index contributed by atoms with van der Waals surface area (Å²) in [4.78, 5) is 33.3. The van der Waals surface area contributed by atoms with Crippen LogP contribution in [0.4, 0.5) is 4.79 Å². The summed E-state index contributed by atoms with van der Waals surface area (Å²) in [6.07, 6.45) is 0.972. The van der Waals surface area contributed by atoms with Gasteiger partial charge in [-0.1, -0.05) is 30.3 Å². The van der Waals surface area contributed by atoms with Gasteiger partial charge in [-0.05, 0) is 32.4 Å². The number of carbonyl (C=O) groups excluding carboxylic acids is 2. The van der Waals surface area contributed by atoms with Crippen LogP contribution in [0, 0.1) is 0 Å². The van der Waals surface area contributed by atoms with E-state index in [0.29, 0.717) is 26.2 Å². The second-order valence-corrected chi connectivity index (χ2v) is 9.17. The molecular weight excluding hydrogens is 404 g/mol. The highest BCUT2D eigenvalue weighted by Crippen LogP contribution is 2.08. The molecule has 1 aromatic carbocycles. The van der Waals surface area contributed by atoms with Gasteiger partial charge in [-0.2, -0.15) is 0 Å². The molecule has 0 aliphatic carbocycles. The van der Waals surface area contributed by atoms with Gasteiger partial charge in [-0.15, -0.1) is 0 Å². The molecule has 2 aliphatic heterocycles. The van der Waals surface area contributed by atoms with Crippen molar-refractivity contribution in [1.29, 1.82) is 0 Å². The van der Waals surface area contributed by atoms with Crippen LogP contribution < -0.4 is 10.6 Å². The van der Waals surface area contributed by atoms with Gasteiger partial charge in [0, 0.05) is 71.5 Å². The van der Waals surface area contributed by atoms with E-state index in [1.165, 1.54) is 5.56 Å². The van der Waals surface area contributed by atoms with Gasteiger partial charge in [0.15, 0.2) is 0 Å². The summed E-state index contributed by atoms with van der Waals surface area (Å²) in [5.41, 5.74) is 1.38. The van der Waals surface area contributed by atoms with Gasteiger partial charge >= 0.3 is 6.03 Å². The lowest BCUT2D eigenvalue weighted by Crippen LogP contribution is -2.54. The van der Waals surface area contributed by atoms with E-state index < -0.39 is 0 Å². The number of nitrogens with zero attached hydrogens (tertiary/aromatic N) is 4. The predicted octanol–water partition coefficient (Wildman–Crippen LogP) is 1.05. The van der Waals surface area contributed by atoms with Crippen molar-refractivity contribution in [3.63, 3.8) is 0 Å². The van der Waals surface area contributed by atoms with Crippen LogP contribution in [-0.4, -0.2) is 110 Å². The van der Waals surface area contributed by atoms with Crippen LogP contribution in [0.15, 0.2) is 30.3 Å². The molecule has 8 heteroatoms. The first-order valence-electron chi connectivity index (χ1n) is 12.0. The van der Waals surface area contributed by atoms with Crippen LogP contribution in [0.2, 0.25) is 0 Å². The van der Waals surface area contributed by atoms with Gasteiger partial charge in [-0.3, -0.25) is 14.6 Å². The Morgan fingerprint density at radius 3 is 2.16 bits per heavy atom. The van der Waals surface area contributed by atoms with Crippen molar-refractivity contribution in [2.24, 2.45) is 0 Å². The lowest BCUT2D eigenvalue weighted by molar-refractivity contribution is -0.123. The molecule has 2 saturated heterocycles. The molecule has 2 aliphatic rings. The maximum absolute atomic E-state index is 12.4. The smallest absolute Gasteiger partial charge is 0.317 e. The van der Waals surface area contributed by atoms with Crippen molar-refractivity contribution in [3.05, 3.63) is 35.9 Å². The minimum atomic E-state index is 0.0176. The normalized spacial score (nSPS) is 18.7. The molecule has 0 bridgehead atoms. The van der Waals surface area contributed by atoms with E-state index in [1.54, 1.807) is 0 Å². The lowest BCUT2D eigenvalue weighted by Gasteiger charge is -2.35. The Labute approximate surface area is 192 Å². The van der Waals surface area contributed by atoms with Crippen LogP contribution in [-0.2, 0) is 11.3 Å². The van der Waals surface area contributed by atoms with Gasteiger partial charge in [0.05, 0.1) is 6.54 Å². The molecule has 32 heavy (non-hydrogen) atoms. The monoisotopic (exact) mass is 444 g/mol. The predicted molar refractivity (Wildman–Crippen MR) is 127 cm³/mol. The minimum Gasteiger partial charge on any atom is -0.353 e. The van der Waals surface area contributed by atoms with Crippen molar-refractivity contribution in [1.82, 2.24) is 30.2 Å². The molecule has 1 aromatic rings. The fourth-order valence-corrected chi connectivity index (χ4v) is 4.30. The Morgan fingerprint density at radius 2 is 1.50 bits per heavy atom. The minimum absolute atomic E-state index is 0.0176. The number of urea groups is 1. The third kappa shape index (κ3) is 8.41. The molecule has 0 aromatic heterocycles. The van der Waals surface area contributed by atoms with Crippen molar-refractivity contribution in [2.75, 3.05) is 72.0 Å². The van der Waals surface area contributed by atoms with Crippen LogP contribution in [0.5, 0.6) is 0 Å². The van der Waals surface area contributed by atoms with E-state index in [1.807, 2.05) is 18.7 Å². The van der Waals surface area contributed by atoms with E-state index in [0.717, 1.165) is 58.8 Å². The summed E-state index contributed by atoms with van der Waals surface area (Å²) >= 11 is 0. The lowest BCUT2D eigenvalue weighted by atomic mass is 10.2. The van der Waals surface area contributed by atoms with Crippen molar-refractivity contribution < 1.29 is 9.59 Å². The van der Waals surface area contributed by atoms with E-state index in [-0.39, 0.29) is 18.0 Å². The zero-order valence-corrected chi connectivity index (χ0v) is 19.8. The van der Waals surface area contributed by atoms with Crippen molar-refractivity contribution in [2.45, 2.75) is 32.9 Å². The number of piperazine rings is 2. The topological polar surface area (TPSA) is 71.2 Å². The Balaban J connectivity index is 1.23. The van der Waals surface area contributed by atoms with E-state index in [9.17, 15) is 9.59 Å². The number of hydrogen-bond donors (Lipinski definition) is 2. The van der Waals surface area contributed by atoms with E-state index in [2.05, 4.69) is 55.7 Å². The molecule has 0 spiro atoms. The molecule has 0 unspecified atom stereocenters. The maximum Gasteiger partial charge on any atom is 0.317 e. The summed E-state index contributed by atoms with van der Waals surface area (Å²) in [6, 6.07) is 10.8. The highest BCUT2D eigenvalue weighted by molar-refractivity contribution is 5.78. The molecular formula is C24H40N6O2. The zero-order chi connectivity index (χ0) is 22.8. The number of nitrogens with one attached hydrogen (secondary N) is 2. The van der Waals surface area contributed by atoms with E-state index >= 15 is 0 Å². The fourth-order valence-electron chi connectivity index (χ4n) is 4.30. The number of benzene rings is 1. The first-order chi connectivity index (χ1) is 15.5. The third-order valence-corrected chi connectivity index (χ3v) is 6.12. The average Bonchev–Trinajstić information content (AvgIpc) is 2.78. The Hall–Kier alpha value is -2.16. The Kier molecular flexibility index (Phi) is 9.77. The number of rotatable bonds is 9. The summed E-state index contributed by atoms with van der Waals surface area (Å²) in [5.74, 6) is 0.0544. The SMILES string of the molecule is CC(C)NC(=O)CN1CCN(C(=O)NCCCN2CCN(Cc3ccccc3)CC2)CC1. The van der Waals surface area contributed by atoms with Crippen LogP contribution in [0.3, 0.4) is 0 Å². The quantitative estimate of drug-likeness (QED) is 0.557. The molecule has 2 N–H and O–H groups in total. The van der Waals surface area contributed by atoms with Gasteiger partial charge in [-0.25, -0.2) is 4.79 Å². The van der Waals surface area contributed by atoms with Gasteiger partial charge in [0.1, 0.15) is 0 Å². The van der Waals surface area contributed by atoms with Gasteiger partial charge in [0.2, 0.25) is 5.91 Å². The van der Waals surface area contributed by atoms with Gasteiger partial charge < -0.3 is 20.4 Å². The molecule has 3 amide bonds. The standard InChI is InChI=1S/C24H40N6O2/c1-21(2)26-23(31)20-29-15-17-30(18-16-29)24(32)25-9-6-10-27-11-13-28(14-12-27)19-22-7-4-3-5-8-22/h3-5,7-8,21H,6,9-20H2,1-2H3,(H,25,32)(H,26,31). The first-order valence-corrected chi connectivity index (χ1v) is 12.0. The molecule has 3 rings (SSSR count). The summed E-state index contributed by atoms with van der Waals surface area (Å²) in [5, 5.41) is 5.99. The summed E-state index contributed by atoms with van der Waals surface area (Å²) in [7, 11) is 0. The number of hydrogen-bond acceptors (Lipinski definition) is 5. The molecule has 2 heterocycles. The largest absolute Gasteiger partial charge is 0.353 e. The summed E-state index contributed by atoms with van der Waals surface area (Å²) in [6.45, 7) is 14.3. The third-order valence-electron chi connectivity index (χ3n) is 6.12. The van der Waals surface area contributed by atoms with Crippen molar-refractivity contribution in [3.8, 4) is 0 Å². The number of carbonyl (C=O) groups is 2. The molecule has 8 nitrogen and oxygen atoms in total. The summed E-state index contributed by atoms with van der Waals surface area (Å²) < 4.78 is 0. The second-order valence-electron chi connectivity index (χ2n) is 9.17. The molecule has 0 atom stereocenters. The molecule has 178 valence electrons. The van der Waals surface area contributed by atoms with Crippen LogP contribution in [0.1, 0.15) is 25.8 Å². The van der Waals surface area contributed by atoms with E-state index in [4.69, 9.17) is 0 Å². The van der Waals surface area contributed by atoms with Gasteiger partial charge in [0.25, 0.3) is 0 Å². The fraction of sp³-hybridized carbons (Fsp3) is 0.667. The number of amides is 3. The molecule has 2 fully saturated rings. The van der Waals surface area contributed by atoms with Crippen LogP contribution in [0.25, 0.3) is 0 Å². The first kappa shape index (κ1) is 24.5. The maximum atomic E-state index is 12.4. The Morgan fingerprint density at radius 1 is 0.875 bits per heavy atom. The second kappa shape index (κ2) is 12.8. The zero-order valence-electron chi connectivity index (χ0n) is 19.8. The highest BCUT2D eigenvalue weighted by atomic mass is 16.2. The van der Waals surface area contributed by atoms with Crippen LogP contribution >= 0.6 is 0 Å².